The van der Waals surface area contributed by atoms with Gasteiger partial charge >= 0.3 is 0 Å². The Morgan fingerprint density at radius 3 is 2.75 bits per heavy atom. The van der Waals surface area contributed by atoms with Crippen molar-refractivity contribution >= 4 is 34.8 Å². The normalized spacial score (nSPS) is 17.2. The SMILES string of the molecule is Cc1ccc(NC(=O)C2CC(=O)N(c3ccccc3Cl)C2)c(F)c1. The van der Waals surface area contributed by atoms with E-state index in [9.17, 15) is 14.0 Å². The molecule has 0 bridgehead atoms. The Bertz CT molecular complexity index is 809. The van der Waals surface area contributed by atoms with Crippen LogP contribution in [-0.2, 0) is 9.59 Å². The predicted octanol–water partition coefficient (Wildman–Crippen LogP) is 3.78. The second-order valence-electron chi connectivity index (χ2n) is 5.83. The molecule has 1 saturated heterocycles. The highest BCUT2D eigenvalue weighted by Crippen LogP contribution is 2.31. The van der Waals surface area contributed by atoms with Crippen LogP contribution >= 0.6 is 11.6 Å². The van der Waals surface area contributed by atoms with Gasteiger partial charge in [-0.1, -0.05) is 29.8 Å². The van der Waals surface area contributed by atoms with E-state index in [2.05, 4.69) is 5.32 Å². The number of nitrogens with zero attached hydrogens (tertiary/aromatic N) is 1. The standard InChI is InChI=1S/C18H16ClFN2O2/c1-11-6-7-15(14(20)8-11)21-18(24)12-9-17(23)22(10-12)16-5-3-2-4-13(16)19/h2-8,12H,9-10H2,1H3,(H,21,24). The number of amides is 2. The van der Waals surface area contributed by atoms with Crippen molar-refractivity contribution in [3.05, 3.63) is 58.9 Å². The molecule has 1 fully saturated rings. The first kappa shape index (κ1) is 16.5. The van der Waals surface area contributed by atoms with E-state index in [-0.39, 0.29) is 30.5 Å². The number of benzene rings is 2. The van der Waals surface area contributed by atoms with Gasteiger partial charge in [-0.05, 0) is 36.8 Å². The Morgan fingerprint density at radius 2 is 2.04 bits per heavy atom. The molecule has 0 aromatic heterocycles. The number of rotatable bonds is 3. The van der Waals surface area contributed by atoms with Crippen molar-refractivity contribution in [2.75, 3.05) is 16.8 Å². The average Bonchev–Trinajstić information content (AvgIpc) is 2.92. The average molecular weight is 347 g/mol. The lowest BCUT2D eigenvalue weighted by molar-refractivity contribution is -0.122. The van der Waals surface area contributed by atoms with Gasteiger partial charge in [-0.3, -0.25) is 9.59 Å². The maximum atomic E-state index is 13.9. The van der Waals surface area contributed by atoms with E-state index in [0.29, 0.717) is 10.7 Å². The monoisotopic (exact) mass is 346 g/mol. The number of hydrogen-bond acceptors (Lipinski definition) is 2. The highest BCUT2D eigenvalue weighted by molar-refractivity contribution is 6.33. The van der Waals surface area contributed by atoms with Crippen molar-refractivity contribution < 1.29 is 14.0 Å². The summed E-state index contributed by atoms with van der Waals surface area (Å²) in [5.41, 5.74) is 1.47. The van der Waals surface area contributed by atoms with Gasteiger partial charge in [0, 0.05) is 13.0 Å². The molecule has 0 aliphatic carbocycles. The summed E-state index contributed by atoms with van der Waals surface area (Å²) >= 11 is 6.12. The molecule has 1 aliphatic rings. The molecule has 2 aromatic carbocycles. The van der Waals surface area contributed by atoms with E-state index in [4.69, 9.17) is 11.6 Å². The molecule has 124 valence electrons. The summed E-state index contributed by atoms with van der Waals surface area (Å²) in [6, 6.07) is 11.6. The molecule has 1 aliphatic heterocycles. The zero-order chi connectivity index (χ0) is 17.3. The number of carbonyl (C=O) groups is 2. The van der Waals surface area contributed by atoms with E-state index in [1.165, 1.54) is 17.0 Å². The summed E-state index contributed by atoms with van der Waals surface area (Å²) in [7, 11) is 0. The first-order chi connectivity index (χ1) is 11.5. The number of anilines is 2. The van der Waals surface area contributed by atoms with E-state index in [0.717, 1.165) is 5.56 Å². The van der Waals surface area contributed by atoms with Gasteiger partial charge in [-0.25, -0.2) is 4.39 Å². The molecule has 4 nitrogen and oxygen atoms in total. The van der Waals surface area contributed by atoms with Crippen LogP contribution in [0.1, 0.15) is 12.0 Å². The predicted molar refractivity (Wildman–Crippen MR) is 91.7 cm³/mol. The summed E-state index contributed by atoms with van der Waals surface area (Å²) in [4.78, 5) is 26.1. The van der Waals surface area contributed by atoms with Gasteiger partial charge in [-0.15, -0.1) is 0 Å². The third kappa shape index (κ3) is 3.26. The Labute approximate surface area is 144 Å². The van der Waals surface area contributed by atoms with Crippen LogP contribution in [0.2, 0.25) is 5.02 Å². The van der Waals surface area contributed by atoms with E-state index >= 15 is 0 Å². The zero-order valence-electron chi connectivity index (χ0n) is 13.1. The van der Waals surface area contributed by atoms with Crippen LogP contribution in [0.4, 0.5) is 15.8 Å². The van der Waals surface area contributed by atoms with Crippen LogP contribution in [0.5, 0.6) is 0 Å². The third-order valence-corrected chi connectivity index (χ3v) is 4.34. The zero-order valence-corrected chi connectivity index (χ0v) is 13.8. The minimum absolute atomic E-state index is 0.0739. The molecule has 3 rings (SSSR count). The van der Waals surface area contributed by atoms with Gasteiger partial charge in [-0.2, -0.15) is 0 Å². The minimum Gasteiger partial charge on any atom is -0.323 e. The summed E-state index contributed by atoms with van der Waals surface area (Å²) < 4.78 is 13.9. The summed E-state index contributed by atoms with van der Waals surface area (Å²) in [5, 5.41) is 3.02. The molecule has 1 N–H and O–H groups in total. The number of para-hydroxylation sites is 1. The van der Waals surface area contributed by atoms with Gasteiger partial charge in [0.1, 0.15) is 5.82 Å². The van der Waals surface area contributed by atoms with Crippen molar-refractivity contribution in [3.8, 4) is 0 Å². The van der Waals surface area contributed by atoms with Gasteiger partial charge in [0.15, 0.2) is 0 Å². The van der Waals surface area contributed by atoms with Gasteiger partial charge in [0.2, 0.25) is 11.8 Å². The van der Waals surface area contributed by atoms with Crippen LogP contribution < -0.4 is 10.2 Å². The molecule has 1 atom stereocenters. The molecule has 1 heterocycles. The fourth-order valence-corrected chi connectivity index (χ4v) is 2.98. The molecule has 0 spiro atoms. The van der Waals surface area contributed by atoms with E-state index in [1.54, 1.807) is 37.3 Å². The maximum Gasteiger partial charge on any atom is 0.229 e. The number of aryl methyl sites for hydroxylation is 1. The Balaban J connectivity index is 1.73. The van der Waals surface area contributed by atoms with Crippen molar-refractivity contribution in [1.29, 1.82) is 0 Å². The number of nitrogens with one attached hydrogen (secondary N) is 1. The lowest BCUT2D eigenvalue weighted by atomic mass is 10.1. The van der Waals surface area contributed by atoms with Gasteiger partial charge < -0.3 is 10.2 Å². The highest BCUT2D eigenvalue weighted by Gasteiger charge is 2.36. The summed E-state index contributed by atoms with van der Waals surface area (Å²) in [5.74, 6) is -1.58. The molecule has 0 radical (unpaired) electrons. The smallest absolute Gasteiger partial charge is 0.229 e. The lowest BCUT2D eigenvalue weighted by Gasteiger charge is -2.18. The molecule has 2 aromatic rings. The molecule has 6 heteroatoms. The van der Waals surface area contributed by atoms with Crippen molar-refractivity contribution in [2.45, 2.75) is 13.3 Å². The van der Waals surface area contributed by atoms with Crippen LogP contribution in [0.25, 0.3) is 0 Å². The second kappa shape index (κ2) is 6.61. The first-order valence-electron chi connectivity index (χ1n) is 7.57. The van der Waals surface area contributed by atoms with Crippen molar-refractivity contribution in [2.24, 2.45) is 5.92 Å². The van der Waals surface area contributed by atoms with Crippen molar-refractivity contribution in [1.82, 2.24) is 0 Å². The van der Waals surface area contributed by atoms with E-state index < -0.39 is 11.7 Å². The fourth-order valence-electron chi connectivity index (χ4n) is 2.74. The lowest BCUT2D eigenvalue weighted by Crippen LogP contribution is -2.28. The van der Waals surface area contributed by atoms with Crippen molar-refractivity contribution in [3.63, 3.8) is 0 Å². The maximum absolute atomic E-state index is 13.9. The number of halogens is 2. The van der Waals surface area contributed by atoms with Crippen LogP contribution in [0.15, 0.2) is 42.5 Å². The highest BCUT2D eigenvalue weighted by atomic mass is 35.5. The topological polar surface area (TPSA) is 49.4 Å². The number of hydrogen-bond donors (Lipinski definition) is 1. The Kier molecular flexibility index (Phi) is 4.53. The molecular formula is C18H16ClFN2O2. The van der Waals surface area contributed by atoms with Gasteiger partial charge in [0.05, 0.1) is 22.3 Å². The molecule has 1 unspecified atom stereocenters. The molecule has 2 amide bonds. The first-order valence-corrected chi connectivity index (χ1v) is 7.95. The van der Waals surface area contributed by atoms with E-state index in [1.807, 2.05) is 0 Å². The molecular weight excluding hydrogens is 331 g/mol. The van der Waals surface area contributed by atoms with Gasteiger partial charge in [0.25, 0.3) is 0 Å². The third-order valence-electron chi connectivity index (χ3n) is 4.02. The van der Waals surface area contributed by atoms with Crippen LogP contribution in [-0.4, -0.2) is 18.4 Å². The molecule has 24 heavy (non-hydrogen) atoms. The quantitative estimate of drug-likeness (QED) is 0.919. The number of carbonyl (C=O) groups excluding carboxylic acids is 2. The summed E-state index contributed by atoms with van der Waals surface area (Å²) in [6.07, 6.45) is 0.0739. The molecule has 0 saturated carbocycles. The Hall–Kier alpha value is -2.40. The Morgan fingerprint density at radius 1 is 1.29 bits per heavy atom. The van der Waals surface area contributed by atoms with Crippen LogP contribution in [0, 0.1) is 18.7 Å². The minimum atomic E-state index is -0.547. The summed E-state index contributed by atoms with van der Waals surface area (Å²) in [6.45, 7) is 1.99. The fraction of sp³-hybridized carbons (Fsp3) is 0.222. The van der Waals surface area contributed by atoms with Crippen LogP contribution in [0.3, 0.4) is 0 Å². The largest absolute Gasteiger partial charge is 0.323 e. The second-order valence-corrected chi connectivity index (χ2v) is 6.24.